The number of urea groups is 1. The van der Waals surface area contributed by atoms with Crippen LogP contribution in [-0.4, -0.2) is 24.4 Å². The lowest BCUT2D eigenvalue weighted by atomic mass is 10.2. The van der Waals surface area contributed by atoms with Crippen LogP contribution in [0, 0.1) is 6.92 Å². The number of aromatic nitrogens is 2. The molecule has 0 saturated carbocycles. The Hall–Kier alpha value is -3.86. The summed E-state index contributed by atoms with van der Waals surface area (Å²) in [5, 5.41) is 5.29. The van der Waals surface area contributed by atoms with Crippen LogP contribution in [0.25, 0.3) is 0 Å². The minimum absolute atomic E-state index is 0.167. The normalized spacial score (nSPS) is 10.9. The van der Waals surface area contributed by atoms with Gasteiger partial charge in [0.2, 0.25) is 0 Å². The van der Waals surface area contributed by atoms with Crippen molar-refractivity contribution >= 4 is 33.1 Å². The van der Waals surface area contributed by atoms with Crippen LogP contribution in [0.4, 0.5) is 21.9 Å². The van der Waals surface area contributed by atoms with Crippen LogP contribution in [0.2, 0.25) is 0 Å². The van der Waals surface area contributed by atoms with Gasteiger partial charge in [0.1, 0.15) is 0 Å². The van der Waals surface area contributed by atoms with Crippen LogP contribution in [0.3, 0.4) is 0 Å². The number of hydrogen-bond acceptors (Lipinski definition) is 5. The quantitative estimate of drug-likeness (QED) is 0.430. The first-order valence-corrected chi connectivity index (χ1v) is 9.81. The summed E-state index contributed by atoms with van der Waals surface area (Å²) in [6.45, 7) is 1.94. The number of amides is 2. The van der Waals surface area contributed by atoms with Gasteiger partial charge in [-0.3, -0.25) is 14.5 Å². The SMILES string of the molecule is Cc1ccc(NC(=O)Nc2ccc(NS(=O)(=O)c3c[nH]c(=O)[nH]c3=O)cc2)cc1. The number of nitrogens with one attached hydrogen (secondary N) is 5. The van der Waals surface area contributed by atoms with Gasteiger partial charge in [0.15, 0.2) is 4.90 Å². The van der Waals surface area contributed by atoms with E-state index in [1.165, 1.54) is 24.3 Å². The zero-order valence-electron chi connectivity index (χ0n) is 15.1. The molecule has 2 amide bonds. The molecular formula is C18H17N5O5S. The van der Waals surface area contributed by atoms with E-state index in [4.69, 9.17) is 0 Å². The van der Waals surface area contributed by atoms with E-state index in [1.54, 1.807) is 12.1 Å². The maximum absolute atomic E-state index is 12.3. The minimum atomic E-state index is -4.20. The highest BCUT2D eigenvalue weighted by molar-refractivity contribution is 7.92. The molecule has 0 radical (unpaired) electrons. The van der Waals surface area contributed by atoms with Gasteiger partial charge >= 0.3 is 11.7 Å². The predicted molar refractivity (Wildman–Crippen MR) is 109 cm³/mol. The number of benzene rings is 2. The molecule has 0 aliphatic rings. The van der Waals surface area contributed by atoms with E-state index < -0.39 is 32.2 Å². The Morgan fingerprint density at radius 2 is 1.38 bits per heavy atom. The number of sulfonamides is 1. The van der Waals surface area contributed by atoms with Crippen LogP contribution >= 0.6 is 0 Å². The topological polar surface area (TPSA) is 153 Å². The second kappa shape index (κ2) is 8.02. The van der Waals surface area contributed by atoms with Crippen LogP contribution in [-0.2, 0) is 10.0 Å². The summed E-state index contributed by atoms with van der Waals surface area (Å²) < 4.78 is 26.8. The molecule has 0 aliphatic heterocycles. The van der Waals surface area contributed by atoms with E-state index in [0.717, 1.165) is 11.8 Å². The first-order valence-electron chi connectivity index (χ1n) is 8.32. The van der Waals surface area contributed by atoms with Crippen molar-refractivity contribution in [2.75, 3.05) is 15.4 Å². The Morgan fingerprint density at radius 1 is 0.862 bits per heavy atom. The van der Waals surface area contributed by atoms with Crippen molar-refractivity contribution in [1.29, 1.82) is 0 Å². The molecule has 150 valence electrons. The monoisotopic (exact) mass is 415 g/mol. The van der Waals surface area contributed by atoms with Gasteiger partial charge in [-0.15, -0.1) is 0 Å². The average Bonchev–Trinajstić information content (AvgIpc) is 2.64. The summed E-state index contributed by atoms with van der Waals surface area (Å²) >= 11 is 0. The summed E-state index contributed by atoms with van der Waals surface area (Å²) in [6.07, 6.45) is 0.814. The molecule has 0 saturated heterocycles. The molecule has 0 fully saturated rings. The van der Waals surface area contributed by atoms with Gasteiger partial charge in [-0.1, -0.05) is 17.7 Å². The van der Waals surface area contributed by atoms with E-state index in [-0.39, 0.29) is 5.69 Å². The minimum Gasteiger partial charge on any atom is -0.313 e. The van der Waals surface area contributed by atoms with E-state index in [1.807, 2.05) is 24.0 Å². The van der Waals surface area contributed by atoms with Crippen molar-refractivity contribution in [3.63, 3.8) is 0 Å². The Kier molecular flexibility index (Phi) is 5.50. The Balaban J connectivity index is 1.66. The number of carbonyl (C=O) groups is 1. The third-order valence-corrected chi connectivity index (χ3v) is 5.17. The predicted octanol–water partition coefficient (Wildman–Crippen LogP) is 1.82. The number of carbonyl (C=O) groups excluding carboxylic acids is 1. The molecule has 29 heavy (non-hydrogen) atoms. The van der Waals surface area contributed by atoms with Gasteiger partial charge < -0.3 is 15.6 Å². The molecule has 0 unspecified atom stereocenters. The zero-order valence-corrected chi connectivity index (χ0v) is 16.0. The lowest BCUT2D eigenvalue weighted by Crippen LogP contribution is -2.29. The van der Waals surface area contributed by atoms with E-state index >= 15 is 0 Å². The van der Waals surface area contributed by atoms with E-state index in [0.29, 0.717) is 11.4 Å². The van der Waals surface area contributed by atoms with Gasteiger partial charge in [0.25, 0.3) is 15.6 Å². The molecule has 11 heteroatoms. The van der Waals surface area contributed by atoms with Crippen molar-refractivity contribution < 1.29 is 13.2 Å². The lowest BCUT2D eigenvalue weighted by molar-refractivity contribution is 0.262. The van der Waals surface area contributed by atoms with Crippen LogP contribution in [0.1, 0.15) is 5.56 Å². The van der Waals surface area contributed by atoms with Crippen molar-refractivity contribution in [2.24, 2.45) is 0 Å². The highest BCUT2D eigenvalue weighted by atomic mass is 32.2. The molecular weight excluding hydrogens is 398 g/mol. The number of hydrogen-bond donors (Lipinski definition) is 5. The molecule has 0 spiro atoms. The molecule has 1 heterocycles. The first kappa shape index (κ1) is 19.9. The fraction of sp³-hybridized carbons (Fsp3) is 0.0556. The van der Waals surface area contributed by atoms with Gasteiger partial charge in [-0.05, 0) is 43.3 Å². The van der Waals surface area contributed by atoms with Crippen molar-refractivity contribution in [1.82, 2.24) is 9.97 Å². The summed E-state index contributed by atoms with van der Waals surface area (Å²) in [4.78, 5) is 38.0. The molecule has 0 aliphatic carbocycles. The largest absolute Gasteiger partial charge is 0.325 e. The molecule has 3 aromatic rings. The zero-order chi connectivity index (χ0) is 21.0. The second-order valence-electron chi connectivity index (χ2n) is 6.06. The van der Waals surface area contributed by atoms with E-state index in [2.05, 4.69) is 20.3 Å². The van der Waals surface area contributed by atoms with Crippen LogP contribution in [0.15, 0.2) is 69.2 Å². The van der Waals surface area contributed by atoms with Crippen LogP contribution in [0.5, 0.6) is 0 Å². The smallest absolute Gasteiger partial charge is 0.313 e. The number of rotatable bonds is 5. The van der Waals surface area contributed by atoms with Gasteiger partial charge in [0, 0.05) is 23.3 Å². The van der Waals surface area contributed by atoms with Crippen LogP contribution < -0.4 is 26.6 Å². The molecule has 10 nitrogen and oxygen atoms in total. The number of H-pyrrole nitrogens is 2. The first-order chi connectivity index (χ1) is 13.7. The molecule has 3 rings (SSSR count). The third kappa shape index (κ3) is 5.11. The summed E-state index contributed by atoms with van der Waals surface area (Å²) in [5.41, 5.74) is 0.446. The van der Waals surface area contributed by atoms with Crippen molar-refractivity contribution in [2.45, 2.75) is 11.8 Å². The summed E-state index contributed by atoms with van der Waals surface area (Å²) in [5.74, 6) is 0. The molecule has 5 N–H and O–H groups in total. The molecule has 0 bridgehead atoms. The average molecular weight is 415 g/mol. The summed E-state index contributed by atoms with van der Waals surface area (Å²) in [6, 6.07) is 12.6. The van der Waals surface area contributed by atoms with Crippen molar-refractivity contribution in [3.05, 3.63) is 81.1 Å². The van der Waals surface area contributed by atoms with Gasteiger partial charge in [-0.2, -0.15) is 0 Å². The molecule has 2 aromatic carbocycles. The Bertz CT molecular complexity index is 1250. The van der Waals surface area contributed by atoms with Gasteiger partial charge in [0.05, 0.1) is 0 Å². The van der Waals surface area contributed by atoms with E-state index in [9.17, 15) is 22.8 Å². The fourth-order valence-corrected chi connectivity index (χ4v) is 3.42. The Morgan fingerprint density at radius 3 is 1.93 bits per heavy atom. The van der Waals surface area contributed by atoms with Crippen molar-refractivity contribution in [3.8, 4) is 0 Å². The number of aromatic amines is 2. The highest BCUT2D eigenvalue weighted by Crippen LogP contribution is 2.17. The second-order valence-corrected chi connectivity index (χ2v) is 7.71. The number of anilines is 3. The number of aryl methyl sites for hydroxylation is 1. The lowest BCUT2D eigenvalue weighted by Gasteiger charge is -2.10. The molecule has 1 aromatic heterocycles. The highest BCUT2D eigenvalue weighted by Gasteiger charge is 2.19. The Labute approximate surface area is 165 Å². The maximum Gasteiger partial charge on any atom is 0.325 e. The van der Waals surface area contributed by atoms with Gasteiger partial charge in [-0.25, -0.2) is 18.0 Å². The maximum atomic E-state index is 12.3. The fourth-order valence-electron chi connectivity index (χ4n) is 2.36. The standard InChI is InChI=1S/C18H17N5O5S/c1-11-2-4-12(5-3-11)20-18(26)21-13-6-8-14(9-7-13)23-29(27,28)15-10-19-17(25)22-16(15)24/h2-10,23H,1H3,(H2,20,21,26)(H2,19,22,24,25). The third-order valence-electron chi connectivity index (χ3n) is 3.78. The molecule has 0 atom stereocenters. The summed E-state index contributed by atoms with van der Waals surface area (Å²) in [7, 11) is -4.20.